The van der Waals surface area contributed by atoms with Crippen molar-refractivity contribution in [3.05, 3.63) is 405 Å². The minimum atomic E-state index is 0.628. The van der Waals surface area contributed by atoms with Crippen LogP contribution in [-0.2, 0) is 0 Å². The molecule has 0 N–H and O–H groups in total. The molecule has 0 bridgehead atoms. The molecule has 0 unspecified atom stereocenters. The van der Waals surface area contributed by atoms with E-state index in [4.69, 9.17) is 38.1 Å². The van der Waals surface area contributed by atoms with Gasteiger partial charge in [-0.05, 0) is 201 Å². The van der Waals surface area contributed by atoms with E-state index < -0.39 is 0 Å². The predicted octanol–water partition coefficient (Wildman–Crippen LogP) is 27.9. The zero-order valence-corrected chi connectivity index (χ0v) is 61.4. The van der Waals surface area contributed by atoms with Gasteiger partial charge in [0.1, 0.15) is 0 Å². The Balaban J connectivity index is 0.000000143. The predicted molar refractivity (Wildman–Crippen MR) is 472 cm³/mol. The van der Waals surface area contributed by atoms with E-state index in [1.165, 1.54) is 16.2 Å². The van der Waals surface area contributed by atoms with E-state index in [2.05, 4.69) is 292 Å². The van der Waals surface area contributed by atoms with Crippen LogP contribution in [0.15, 0.2) is 382 Å². The molecule has 22 rings (SSSR count). The van der Waals surface area contributed by atoms with Gasteiger partial charge < -0.3 is 9.13 Å². The lowest BCUT2D eigenvalue weighted by atomic mass is 9.88. The smallest absolute Gasteiger partial charge is 0.188 e. The minimum Gasteiger partial charge on any atom is -0.309 e. The maximum Gasteiger partial charge on any atom is 0.188 e. The highest BCUT2D eigenvalue weighted by molar-refractivity contribution is 6.26. The maximum atomic E-state index is 7.79. The molecule has 528 valence electrons. The first kappa shape index (κ1) is 66.4. The Bertz CT molecular complexity index is 7140. The molecule has 0 aliphatic rings. The van der Waals surface area contributed by atoms with Crippen LogP contribution in [0.1, 0.15) is 0 Å². The Morgan fingerprint density at radius 2 is 0.456 bits per heavy atom. The Morgan fingerprint density at radius 1 is 0.184 bits per heavy atom. The fraction of sp³-hybridized carbons (Fsp3) is 0. The van der Waals surface area contributed by atoms with Crippen LogP contribution < -0.4 is 0 Å². The third-order valence-corrected chi connectivity index (χ3v) is 22.2. The molecule has 114 heavy (non-hydrogen) atoms. The number of nitrogens with zero attached hydrogens (tertiary/aromatic N) is 9. The zero-order valence-electron chi connectivity index (χ0n) is 61.4. The molecule has 0 amide bonds. The second-order valence-corrected chi connectivity index (χ2v) is 28.7. The van der Waals surface area contributed by atoms with Crippen molar-refractivity contribution in [2.75, 3.05) is 0 Å². The van der Waals surface area contributed by atoms with E-state index in [1.807, 2.05) is 109 Å². The molecular formula is C105H63N9. The number of fused-ring (bicyclic) bond motifs is 16. The van der Waals surface area contributed by atoms with Crippen LogP contribution in [0.4, 0.5) is 11.4 Å². The van der Waals surface area contributed by atoms with Crippen molar-refractivity contribution >= 4 is 120 Å². The van der Waals surface area contributed by atoms with Gasteiger partial charge in [0.15, 0.2) is 34.7 Å². The molecule has 22 aromatic rings. The molecule has 0 saturated carbocycles. The van der Waals surface area contributed by atoms with E-state index >= 15 is 0 Å². The van der Waals surface area contributed by atoms with Crippen LogP contribution in [0.2, 0.25) is 0 Å². The van der Waals surface area contributed by atoms with Gasteiger partial charge in [0.05, 0.1) is 46.6 Å². The summed E-state index contributed by atoms with van der Waals surface area (Å²) in [7, 11) is 0. The third-order valence-electron chi connectivity index (χ3n) is 22.2. The molecule has 0 aliphatic heterocycles. The van der Waals surface area contributed by atoms with Crippen LogP contribution in [-0.4, -0.2) is 34.1 Å². The van der Waals surface area contributed by atoms with Crippen molar-refractivity contribution in [2.45, 2.75) is 0 Å². The average Bonchev–Trinajstić information content (AvgIpc) is 1.03. The minimum absolute atomic E-state index is 0.628. The van der Waals surface area contributed by atoms with Gasteiger partial charge >= 0.3 is 0 Å². The van der Waals surface area contributed by atoms with Crippen LogP contribution >= 0.6 is 0 Å². The lowest BCUT2D eigenvalue weighted by molar-refractivity contribution is 1.08. The summed E-state index contributed by atoms with van der Waals surface area (Å²) < 4.78 is 4.59. The highest BCUT2D eigenvalue weighted by Gasteiger charge is 2.24. The van der Waals surface area contributed by atoms with Gasteiger partial charge in [-0.15, -0.1) is 0 Å². The third kappa shape index (κ3) is 11.4. The van der Waals surface area contributed by atoms with E-state index in [9.17, 15) is 0 Å². The standard InChI is InChI=1S/C53H32N4.C52H31N5/c1-54-37-26-28-52-47(30-37)46-29-36(25-27-51(46)57(52)38-19-9-4-10-20-38)43-31-44-41-23-13-14-24-42(41)48(32-45(44)40-22-12-11-21-39(40)43)53-55-49(34-15-5-2-6-16-34)33-50(56-53)35-17-7-3-8-18-35;1-53-36-26-28-49-46(30-36)45-29-35(25-27-48(45)57(49)37-19-9-4-10-20-37)42-31-43-40-23-13-14-24-41(40)47(32-44(43)39-22-12-11-21-38(39)42)52-55-50(33-15-5-2-6-16-33)54-51(56-52)34-17-7-3-8-18-34/h2-33H;2-32H. The number of para-hydroxylation sites is 2. The van der Waals surface area contributed by atoms with Crippen molar-refractivity contribution < 1.29 is 0 Å². The lowest BCUT2D eigenvalue weighted by Gasteiger charge is -2.16. The van der Waals surface area contributed by atoms with Crippen LogP contribution in [0.25, 0.3) is 220 Å². The summed E-state index contributed by atoms with van der Waals surface area (Å²) in [5.74, 6) is 2.60. The topological polar surface area (TPSA) is 83.0 Å². The second kappa shape index (κ2) is 27.7. The molecule has 18 aromatic carbocycles. The molecule has 9 heteroatoms. The molecule has 0 atom stereocenters. The number of hydrogen-bond donors (Lipinski definition) is 0. The quantitative estimate of drug-likeness (QED) is 0.101. The van der Waals surface area contributed by atoms with Gasteiger partial charge in [-0.25, -0.2) is 34.6 Å². The van der Waals surface area contributed by atoms with Gasteiger partial charge in [0.2, 0.25) is 0 Å². The van der Waals surface area contributed by atoms with Gasteiger partial charge in [-0.1, -0.05) is 279 Å². The SMILES string of the molecule is [C-]#[N+]c1ccc2c(c1)c1cc(-c3cc4c5ccccc5c(-c5nc(-c6ccccc6)cc(-c6ccccc6)n5)cc4c4ccccc34)ccc1n2-c1ccccc1.[C-]#[N+]c1ccc2c(c1)c1cc(-c3cc4c5ccccc5c(-c5nc(-c6ccccc6)nc(-c6ccccc6)n5)cc4c4ccccc34)ccc1n2-c1ccccc1. The van der Waals surface area contributed by atoms with Crippen molar-refractivity contribution in [1.29, 1.82) is 0 Å². The van der Waals surface area contributed by atoms with Gasteiger partial charge in [0, 0.05) is 55.5 Å². The van der Waals surface area contributed by atoms with E-state index in [0.717, 1.165) is 170 Å². The Kier molecular flexibility index (Phi) is 16.1. The monoisotopic (exact) mass is 1450 g/mol. The van der Waals surface area contributed by atoms with E-state index in [0.29, 0.717) is 34.7 Å². The molecule has 0 spiro atoms. The molecule has 9 nitrogen and oxygen atoms in total. The summed E-state index contributed by atoms with van der Waals surface area (Å²) in [6.45, 7) is 15.6. The van der Waals surface area contributed by atoms with Crippen molar-refractivity contribution in [1.82, 2.24) is 34.1 Å². The molecule has 4 heterocycles. The summed E-state index contributed by atoms with van der Waals surface area (Å²) in [5, 5.41) is 18.1. The number of aromatic nitrogens is 7. The van der Waals surface area contributed by atoms with Crippen molar-refractivity contribution in [2.24, 2.45) is 0 Å². The summed E-state index contributed by atoms with van der Waals surface area (Å²) in [4.78, 5) is 33.4. The summed E-state index contributed by atoms with van der Waals surface area (Å²) >= 11 is 0. The number of rotatable bonds is 10. The summed E-state index contributed by atoms with van der Waals surface area (Å²) in [6, 6.07) is 133. The summed E-state index contributed by atoms with van der Waals surface area (Å²) in [6.07, 6.45) is 0. The zero-order chi connectivity index (χ0) is 75.7. The maximum absolute atomic E-state index is 7.79. The largest absolute Gasteiger partial charge is 0.309 e. The van der Waals surface area contributed by atoms with Gasteiger partial charge in [-0.2, -0.15) is 0 Å². The molecule has 0 radical (unpaired) electrons. The fourth-order valence-corrected chi connectivity index (χ4v) is 17.0. The fourth-order valence-electron chi connectivity index (χ4n) is 17.0. The average molecular weight is 1450 g/mol. The molecular weight excluding hydrogens is 1390 g/mol. The Hall–Kier alpha value is -15.8. The van der Waals surface area contributed by atoms with E-state index in [-0.39, 0.29) is 0 Å². The van der Waals surface area contributed by atoms with Gasteiger partial charge in [-0.3, -0.25) is 0 Å². The van der Waals surface area contributed by atoms with Crippen molar-refractivity contribution in [3.8, 4) is 102 Å². The van der Waals surface area contributed by atoms with Crippen LogP contribution in [0.3, 0.4) is 0 Å². The second-order valence-electron chi connectivity index (χ2n) is 28.7. The van der Waals surface area contributed by atoms with Crippen LogP contribution in [0.5, 0.6) is 0 Å². The summed E-state index contributed by atoms with van der Waals surface area (Å²) in [5.41, 5.74) is 20.1. The van der Waals surface area contributed by atoms with Gasteiger partial charge in [0.25, 0.3) is 0 Å². The molecule has 0 aliphatic carbocycles. The first-order valence-corrected chi connectivity index (χ1v) is 38.1. The first-order valence-electron chi connectivity index (χ1n) is 38.1. The highest BCUT2D eigenvalue weighted by Crippen LogP contribution is 2.47. The van der Waals surface area contributed by atoms with E-state index in [1.54, 1.807) is 0 Å². The molecule has 4 aromatic heterocycles. The normalized spacial score (nSPS) is 11.5. The van der Waals surface area contributed by atoms with Crippen molar-refractivity contribution in [3.63, 3.8) is 0 Å². The number of hydrogen-bond acceptors (Lipinski definition) is 5. The highest BCUT2D eigenvalue weighted by atomic mass is 15.0. The van der Waals surface area contributed by atoms with Crippen LogP contribution in [0, 0.1) is 13.1 Å². The first-order chi connectivity index (χ1) is 56.4. The lowest BCUT2D eigenvalue weighted by Crippen LogP contribution is -2.00. The Labute approximate surface area is 656 Å². The number of benzene rings is 18. The molecule has 0 saturated heterocycles. The molecule has 0 fully saturated rings. The Morgan fingerprint density at radius 3 is 0.807 bits per heavy atom.